The monoisotopic (exact) mass is 425 g/mol. The van der Waals surface area contributed by atoms with E-state index in [1.54, 1.807) is 36.6 Å². The molecule has 1 aromatic heterocycles. The van der Waals surface area contributed by atoms with Gasteiger partial charge in [0.2, 0.25) is 5.75 Å². The molecule has 0 unspecified atom stereocenters. The first-order valence-corrected chi connectivity index (χ1v) is 9.78. The summed E-state index contributed by atoms with van der Waals surface area (Å²) in [6, 6.07) is 12.3. The van der Waals surface area contributed by atoms with Crippen molar-refractivity contribution in [2.24, 2.45) is 0 Å². The quantitative estimate of drug-likeness (QED) is 0.452. The molecule has 3 rings (SSSR count). The van der Waals surface area contributed by atoms with Crippen molar-refractivity contribution >= 4 is 5.78 Å². The Morgan fingerprint density at radius 3 is 2.19 bits per heavy atom. The van der Waals surface area contributed by atoms with Crippen LogP contribution < -0.4 is 18.9 Å². The summed E-state index contributed by atoms with van der Waals surface area (Å²) in [4.78, 5) is 15.6. The molecule has 7 heteroatoms. The van der Waals surface area contributed by atoms with E-state index in [4.69, 9.17) is 23.4 Å². The zero-order valence-electron chi connectivity index (χ0n) is 18.4. The molecule has 2 aromatic carbocycles. The number of hydrogen-bond acceptors (Lipinski definition) is 7. The molecule has 0 aliphatic carbocycles. The van der Waals surface area contributed by atoms with Gasteiger partial charge in [-0.3, -0.25) is 4.79 Å². The minimum Gasteiger partial charge on any atom is -0.493 e. The van der Waals surface area contributed by atoms with E-state index in [-0.39, 0.29) is 5.78 Å². The van der Waals surface area contributed by atoms with E-state index < -0.39 is 0 Å². The second-order valence-electron chi connectivity index (χ2n) is 7.08. The number of methoxy groups -OCH3 is 3. The van der Waals surface area contributed by atoms with Crippen LogP contribution >= 0.6 is 0 Å². The highest BCUT2D eigenvalue weighted by atomic mass is 16.5. The highest BCUT2D eigenvalue weighted by Gasteiger charge is 2.21. The van der Waals surface area contributed by atoms with Crippen molar-refractivity contribution in [3.63, 3.8) is 0 Å². The van der Waals surface area contributed by atoms with Gasteiger partial charge in [-0.1, -0.05) is 0 Å². The highest BCUT2D eigenvalue weighted by Crippen LogP contribution is 2.39. The molecule has 164 valence electrons. The first-order chi connectivity index (χ1) is 15.0. The smallest absolute Gasteiger partial charge is 0.203 e. The van der Waals surface area contributed by atoms with Crippen molar-refractivity contribution in [1.29, 1.82) is 0 Å². The van der Waals surface area contributed by atoms with E-state index in [0.717, 1.165) is 12.1 Å². The van der Waals surface area contributed by atoms with Crippen LogP contribution in [0.5, 0.6) is 23.0 Å². The Hall–Kier alpha value is -3.45. The number of ketones is 1. The molecule has 0 bridgehead atoms. The van der Waals surface area contributed by atoms with Gasteiger partial charge >= 0.3 is 0 Å². The molecule has 0 amide bonds. The van der Waals surface area contributed by atoms with E-state index in [2.05, 4.69) is 0 Å². The van der Waals surface area contributed by atoms with Gasteiger partial charge in [-0.25, -0.2) is 0 Å². The fourth-order valence-corrected chi connectivity index (χ4v) is 3.14. The first kappa shape index (κ1) is 22.2. The average molecular weight is 425 g/mol. The number of benzene rings is 2. The summed E-state index contributed by atoms with van der Waals surface area (Å²) in [6.07, 6.45) is 1.59. The van der Waals surface area contributed by atoms with Crippen LogP contribution in [0.2, 0.25) is 0 Å². The van der Waals surface area contributed by atoms with Crippen LogP contribution in [-0.4, -0.2) is 59.3 Å². The third-order valence-corrected chi connectivity index (χ3v) is 4.75. The maximum atomic E-state index is 13.5. The lowest BCUT2D eigenvalue weighted by atomic mass is 9.98. The molecule has 0 aliphatic rings. The van der Waals surface area contributed by atoms with Gasteiger partial charge in [0.25, 0.3) is 0 Å². The number of carbonyl (C=O) groups excluding carboxylic acids is 1. The lowest BCUT2D eigenvalue weighted by molar-refractivity contribution is 0.103. The lowest BCUT2D eigenvalue weighted by Crippen LogP contribution is -2.20. The minimum absolute atomic E-state index is 0.229. The van der Waals surface area contributed by atoms with E-state index in [1.807, 2.05) is 31.1 Å². The predicted molar refractivity (Wildman–Crippen MR) is 118 cm³/mol. The molecule has 0 saturated heterocycles. The van der Waals surface area contributed by atoms with Crippen molar-refractivity contribution in [3.05, 3.63) is 59.9 Å². The number of furan rings is 1. The topological polar surface area (TPSA) is 70.4 Å². The zero-order valence-corrected chi connectivity index (χ0v) is 18.4. The molecule has 0 atom stereocenters. The number of rotatable bonds is 10. The van der Waals surface area contributed by atoms with Crippen molar-refractivity contribution in [1.82, 2.24) is 4.90 Å². The lowest BCUT2D eigenvalue weighted by Gasteiger charge is -2.16. The minimum atomic E-state index is -0.229. The number of likely N-dealkylation sites (N-methyl/N-ethyl adjacent to an activating group) is 1. The third-order valence-electron chi connectivity index (χ3n) is 4.75. The van der Waals surface area contributed by atoms with Crippen LogP contribution in [0.15, 0.2) is 53.1 Å². The van der Waals surface area contributed by atoms with Gasteiger partial charge in [0, 0.05) is 17.7 Å². The maximum absolute atomic E-state index is 13.5. The number of carbonyl (C=O) groups is 1. The molecule has 7 nitrogen and oxygen atoms in total. The van der Waals surface area contributed by atoms with Crippen LogP contribution in [0, 0.1) is 0 Å². The third kappa shape index (κ3) is 5.00. The molecule has 31 heavy (non-hydrogen) atoms. The second-order valence-corrected chi connectivity index (χ2v) is 7.08. The SMILES string of the molecule is COc1cc(C(=O)c2cc(-c3ccco3)ccc2OCCN(C)C)cc(OC)c1OC. The Morgan fingerprint density at radius 2 is 1.65 bits per heavy atom. The summed E-state index contributed by atoms with van der Waals surface area (Å²) < 4.78 is 27.6. The van der Waals surface area contributed by atoms with Gasteiger partial charge in [-0.15, -0.1) is 0 Å². The van der Waals surface area contributed by atoms with Gasteiger partial charge in [-0.05, 0) is 56.6 Å². The molecule has 0 N–H and O–H groups in total. The van der Waals surface area contributed by atoms with Gasteiger partial charge in [0.15, 0.2) is 17.3 Å². The Kier molecular flexibility index (Phi) is 7.20. The highest BCUT2D eigenvalue weighted by molar-refractivity contribution is 6.12. The molecule has 1 heterocycles. The Balaban J connectivity index is 2.06. The molecule has 0 saturated carbocycles. The molecular formula is C24H27NO6. The first-order valence-electron chi connectivity index (χ1n) is 9.78. The summed E-state index contributed by atoms with van der Waals surface area (Å²) >= 11 is 0. The van der Waals surface area contributed by atoms with Gasteiger partial charge in [0.05, 0.1) is 33.2 Å². The summed E-state index contributed by atoms with van der Waals surface area (Å²) in [5.41, 5.74) is 1.59. The van der Waals surface area contributed by atoms with E-state index in [9.17, 15) is 4.79 Å². The van der Waals surface area contributed by atoms with E-state index >= 15 is 0 Å². The predicted octanol–water partition coefficient (Wildman–Crippen LogP) is 4.14. The van der Waals surface area contributed by atoms with E-state index in [1.165, 1.54) is 21.3 Å². The summed E-state index contributed by atoms with van der Waals surface area (Å²) in [5, 5.41) is 0. The Bertz CT molecular complexity index is 1000. The summed E-state index contributed by atoms with van der Waals surface area (Å²) in [5.74, 6) is 2.17. The normalized spacial score (nSPS) is 10.8. The number of ether oxygens (including phenoxy) is 4. The maximum Gasteiger partial charge on any atom is 0.203 e. The Morgan fingerprint density at radius 1 is 0.935 bits per heavy atom. The van der Waals surface area contributed by atoms with Gasteiger partial charge in [0.1, 0.15) is 18.1 Å². The van der Waals surface area contributed by atoms with Crippen molar-refractivity contribution in [2.75, 3.05) is 48.6 Å². The van der Waals surface area contributed by atoms with Crippen LogP contribution in [0.3, 0.4) is 0 Å². The zero-order chi connectivity index (χ0) is 22.4. The molecule has 0 radical (unpaired) electrons. The Labute approximate surface area is 182 Å². The van der Waals surface area contributed by atoms with E-state index in [0.29, 0.717) is 46.5 Å². The number of hydrogen-bond donors (Lipinski definition) is 0. The summed E-state index contributed by atoms with van der Waals surface area (Å²) in [7, 11) is 8.47. The fraction of sp³-hybridized carbons (Fsp3) is 0.292. The summed E-state index contributed by atoms with van der Waals surface area (Å²) in [6.45, 7) is 1.17. The standard InChI is InChI=1S/C24H27NO6/c1-25(2)10-12-31-20-9-8-16(19-7-6-11-30-19)13-18(20)23(26)17-14-21(27-3)24(29-5)22(15-17)28-4/h6-9,11,13-15H,10,12H2,1-5H3. The van der Waals surface area contributed by atoms with Crippen molar-refractivity contribution in [2.45, 2.75) is 0 Å². The molecule has 3 aromatic rings. The van der Waals surface area contributed by atoms with Crippen LogP contribution in [0.1, 0.15) is 15.9 Å². The molecular weight excluding hydrogens is 398 g/mol. The largest absolute Gasteiger partial charge is 0.493 e. The molecule has 0 fully saturated rings. The van der Waals surface area contributed by atoms with Gasteiger partial charge < -0.3 is 28.3 Å². The van der Waals surface area contributed by atoms with Crippen molar-refractivity contribution < 1.29 is 28.2 Å². The number of nitrogens with zero attached hydrogens (tertiary/aromatic N) is 1. The van der Waals surface area contributed by atoms with Crippen LogP contribution in [0.25, 0.3) is 11.3 Å². The fourth-order valence-electron chi connectivity index (χ4n) is 3.14. The van der Waals surface area contributed by atoms with Crippen molar-refractivity contribution in [3.8, 4) is 34.3 Å². The average Bonchev–Trinajstić information content (AvgIpc) is 3.32. The molecule has 0 aliphatic heterocycles. The molecule has 0 spiro atoms. The van der Waals surface area contributed by atoms with Gasteiger partial charge in [-0.2, -0.15) is 0 Å². The second kappa shape index (κ2) is 10.0. The van der Waals surface area contributed by atoms with Crippen LogP contribution in [0.4, 0.5) is 0 Å². The van der Waals surface area contributed by atoms with Crippen LogP contribution in [-0.2, 0) is 0 Å².